The molecule has 1 unspecified atom stereocenters. The number of nitrogens with zero attached hydrogens (tertiary/aromatic N) is 1. The average Bonchev–Trinajstić information content (AvgIpc) is 3.16. The number of H-pyrrole nitrogens is 1. The maximum absolute atomic E-state index is 12.3. The molecule has 0 bridgehead atoms. The Kier molecular flexibility index (Phi) is 4.94. The molecule has 2 heterocycles. The van der Waals surface area contributed by atoms with E-state index in [2.05, 4.69) is 18.1 Å². The molecular formula is C17H14N2O3S. The zero-order valence-corrected chi connectivity index (χ0v) is 13.0. The van der Waals surface area contributed by atoms with Crippen molar-refractivity contribution in [1.29, 1.82) is 5.26 Å². The lowest BCUT2D eigenvalue weighted by Crippen LogP contribution is -2.26. The highest BCUT2D eigenvalue weighted by Gasteiger charge is 2.21. The lowest BCUT2D eigenvalue weighted by molar-refractivity contribution is -0.132. The van der Waals surface area contributed by atoms with E-state index in [9.17, 15) is 14.9 Å². The van der Waals surface area contributed by atoms with Gasteiger partial charge in [-0.1, -0.05) is 19.2 Å². The molecule has 2 aromatic rings. The largest absolute Gasteiger partial charge is 0.478 e. The first-order valence-electron chi connectivity index (χ1n) is 6.70. The van der Waals surface area contributed by atoms with Crippen molar-refractivity contribution in [2.75, 3.05) is 0 Å². The SMILES string of the molecule is C=C(/C=c1/[nH]cc(CC(C#N)C(=O)c2cccs2)c1=C)C(=O)O. The predicted octanol–water partition coefficient (Wildman–Crippen LogP) is 1.47. The fourth-order valence-corrected chi connectivity index (χ4v) is 2.79. The number of ketones is 1. The van der Waals surface area contributed by atoms with Gasteiger partial charge in [0, 0.05) is 11.5 Å². The van der Waals surface area contributed by atoms with Crippen molar-refractivity contribution in [3.63, 3.8) is 0 Å². The summed E-state index contributed by atoms with van der Waals surface area (Å²) in [5.41, 5.74) is 0.626. The highest BCUT2D eigenvalue weighted by atomic mass is 32.1. The summed E-state index contributed by atoms with van der Waals surface area (Å²) in [6.07, 6.45) is 3.22. The summed E-state index contributed by atoms with van der Waals surface area (Å²) in [5.74, 6) is -2.15. The lowest BCUT2D eigenvalue weighted by Gasteiger charge is -2.05. The Balaban J connectivity index is 2.27. The van der Waals surface area contributed by atoms with Crippen LogP contribution in [0.2, 0.25) is 0 Å². The monoisotopic (exact) mass is 326 g/mol. The highest BCUT2D eigenvalue weighted by Crippen LogP contribution is 2.16. The van der Waals surface area contributed by atoms with E-state index in [1.807, 2.05) is 6.07 Å². The summed E-state index contributed by atoms with van der Waals surface area (Å²) in [5, 5.41) is 21.0. The van der Waals surface area contributed by atoms with E-state index in [-0.39, 0.29) is 17.8 Å². The molecule has 0 aliphatic heterocycles. The molecule has 2 aromatic heterocycles. The molecule has 0 fully saturated rings. The summed E-state index contributed by atoms with van der Waals surface area (Å²) in [6.45, 7) is 7.32. The second-order valence-corrected chi connectivity index (χ2v) is 5.86. The number of aliphatic carboxylic acids is 1. The molecule has 116 valence electrons. The van der Waals surface area contributed by atoms with E-state index >= 15 is 0 Å². The quantitative estimate of drug-likeness (QED) is 0.621. The van der Waals surface area contributed by atoms with Crippen molar-refractivity contribution in [2.45, 2.75) is 6.42 Å². The van der Waals surface area contributed by atoms with Gasteiger partial charge < -0.3 is 10.1 Å². The van der Waals surface area contributed by atoms with Crippen LogP contribution in [0.15, 0.2) is 35.9 Å². The smallest absolute Gasteiger partial charge is 0.335 e. The van der Waals surface area contributed by atoms with Crippen LogP contribution in [0.3, 0.4) is 0 Å². The summed E-state index contributed by atoms with van der Waals surface area (Å²) in [4.78, 5) is 26.5. The predicted molar refractivity (Wildman–Crippen MR) is 88.3 cm³/mol. The number of nitrogens with one attached hydrogen (secondary N) is 1. The first kappa shape index (κ1) is 16.5. The standard InChI is InChI=1S/C17H14N2O3S/c1-10(17(21)22)6-14-11(2)13(9-19-14)7-12(8-18)16(20)15-4-3-5-23-15/h3-6,9,12,19H,1-2,7H2,(H,21,22)/b14-6+. The number of Topliss-reactive ketones (excluding diaryl/α,β-unsaturated/α-hetero) is 1. The highest BCUT2D eigenvalue weighted by molar-refractivity contribution is 7.12. The van der Waals surface area contributed by atoms with E-state index in [1.54, 1.807) is 23.7 Å². The van der Waals surface area contributed by atoms with Gasteiger partial charge in [0.25, 0.3) is 0 Å². The van der Waals surface area contributed by atoms with Crippen LogP contribution in [0.4, 0.5) is 0 Å². The minimum atomic E-state index is -1.12. The fraction of sp³-hybridized carbons (Fsp3) is 0.118. The molecular weight excluding hydrogens is 312 g/mol. The third-order valence-corrected chi connectivity index (χ3v) is 4.25. The zero-order chi connectivity index (χ0) is 17.0. The second-order valence-electron chi connectivity index (χ2n) is 4.91. The molecule has 0 spiro atoms. The van der Waals surface area contributed by atoms with Gasteiger partial charge in [-0.3, -0.25) is 4.79 Å². The topological polar surface area (TPSA) is 94.0 Å². The van der Waals surface area contributed by atoms with Gasteiger partial charge in [-0.25, -0.2) is 4.79 Å². The van der Waals surface area contributed by atoms with Crippen LogP contribution in [-0.4, -0.2) is 21.8 Å². The Morgan fingerprint density at radius 1 is 1.52 bits per heavy atom. The van der Waals surface area contributed by atoms with Crippen LogP contribution in [0.5, 0.6) is 0 Å². The number of carbonyl (C=O) groups is 2. The van der Waals surface area contributed by atoms with Crippen molar-refractivity contribution in [3.8, 4) is 6.07 Å². The number of rotatable bonds is 6. The number of hydrogen-bond donors (Lipinski definition) is 2. The summed E-state index contributed by atoms with van der Waals surface area (Å²) in [7, 11) is 0. The Morgan fingerprint density at radius 2 is 2.26 bits per heavy atom. The molecule has 0 amide bonds. The number of carbonyl (C=O) groups excluding carboxylic acids is 1. The van der Waals surface area contributed by atoms with E-state index in [0.717, 1.165) is 0 Å². The van der Waals surface area contributed by atoms with Crippen molar-refractivity contribution in [1.82, 2.24) is 4.98 Å². The van der Waals surface area contributed by atoms with Crippen molar-refractivity contribution in [2.24, 2.45) is 5.92 Å². The minimum Gasteiger partial charge on any atom is -0.478 e. The molecule has 0 aromatic carbocycles. The average molecular weight is 326 g/mol. The van der Waals surface area contributed by atoms with Gasteiger partial charge in [0.1, 0.15) is 5.92 Å². The number of carboxylic acids is 1. The number of thiophene rings is 1. The van der Waals surface area contributed by atoms with E-state index < -0.39 is 11.9 Å². The Labute approximate surface area is 136 Å². The van der Waals surface area contributed by atoms with Crippen LogP contribution in [0.25, 0.3) is 12.7 Å². The number of carboxylic acid groups (broad SMARTS) is 1. The van der Waals surface area contributed by atoms with Crippen LogP contribution < -0.4 is 10.6 Å². The molecule has 23 heavy (non-hydrogen) atoms. The molecule has 0 aliphatic rings. The van der Waals surface area contributed by atoms with Gasteiger partial charge in [-0.2, -0.15) is 5.26 Å². The summed E-state index contributed by atoms with van der Waals surface area (Å²) < 4.78 is 0. The van der Waals surface area contributed by atoms with Gasteiger partial charge in [-0.05, 0) is 34.7 Å². The molecule has 0 saturated heterocycles. The third-order valence-electron chi connectivity index (χ3n) is 3.37. The minimum absolute atomic E-state index is 0.0743. The van der Waals surface area contributed by atoms with Crippen molar-refractivity contribution in [3.05, 3.63) is 56.9 Å². The van der Waals surface area contributed by atoms with Crippen molar-refractivity contribution < 1.29 is 14.7 Å². The Morgan fingerprint density at radius 3 is 2.83 bits per heavy atom. The maximum atomic E-state index is 12.3. The van der Waals surface area contributed by atoms with E-state index in [1.165, 1.54) is 17.4 Å². The summed E-state index contributed by atoms with van der Waals surface area (Å²) in [6, 6.07) is 5.48. The lowest BCUT2D eigenvalue weighted by atomic mass is 9.96. The Bertz CT molecular complexity index is 901. The molecule has 2 rings (SSSR count). The normalized spacial score (nSPS) is 12.6. The van der Waals surface area contributed by atoms with E-state index in [4.69, 9.17) is 5.11 Å². The van der Waals surface area contributed by atoms with Crippen LogP contribution in [0.1, 0.15) is 15.2 Å². The number of aromatic nitrogens is 1. The van der Waals surface area contributed by atoms with Crippen LogP contribution >= 0.6 is 11.3 Å². The van der Waals surface area contributed by atoms with E-state index in [0.29, 0.717) is 21.0 Å². The van der Waals surface area contributed by atoms with Gasteiger partial charge in [0.2, 0.25) is 0 Å². The molecule has 0 aliphatic carbocycles. The molecule has 6 heteroatoms. The van der Waals surface area contributed by atoms with Crippen LogP contribution in [0, 0.1) is 17.2 Å². The van der Waals surface area contributed by atoms with Gasteiger partial charge >= 0.3 is 5.97 Å². The number of aromatic amines is 1. The Hall–Kier alpha value is -2.91. The van der Waals surface area contributed by atoms with Crippen LogP contribution in [-0.2, 0) is 11.2 Å². The zero-order valence-electron chi connectivity index (χ0n) is 12.2. The maximum Gasteiger partial charge on any atom is 0.335 e. The third kappa shape index (κ3) is 3.65. The first-order chi connectivity index (χ1) is 10.9. The fourth-order valence-electron chi connectivity index (χ4n) is 2.07. The number of nitriles is 1. The molecule has 1 atom stereocenters. The van der Waals surface area contributed by atoms with Gasteiger partial charge in [0.15, 0.2) is 5.78 Å². The number of hydrogen-bond acceptors (Lipinski definition) is 4. The molecule has 2 N–H and O–H groups in total. The van der Waals surface area contributed by atoms with Gasteiger partial charge in [-0.15, -0.1) is 11.3 Å². The molecule has 5 nitrogen and oxygen atoms in total. The van der Waals surface area contributed by atoms with Gasteiger partial charge in [0.05, 0.1) is 16.5 Å². The second kappa shape index (κ2) is 6.90. The molecule has 0 saturated carbocycles. The first-order valence-corrected chi connectivity index (χ1v) is 7.58. The molecule has 0 radical (unpaired) electrons. The summed E-state index contributed by atoms with van der Waals surface area (Å²) >= 11 is 1.30. The van der Waals surface area contributed by atoms with Crippen molar-refractivity contribution >= 4 is 35.7 Å².